The summed E-state index contributed by atoms with van der Waals surface area (Å²) in [7, 11) is 0. The van der Waals surface area contributed by atoms with E-state index in [1.54, 1.807) is 0 Å². The van der Waals surface area contributed by atoms with Crippen LogP contribution in [0.5, 0.6) is 0 Å². The summed E-state index contributed by atoms with van der Waals surface area (Å²) in [4.78, 5) is 30.3. The quantitative estimate of drug-likeness (QED) is 0.582. The van der Waals surface area contributed by atoms with Crippen LogP contribution in [-0.2, 0) is 9.53 Å². The number of nitrogens with one attached hydrogen (secondary N) is 1. The molecular formula is C12H16N4O5. The Morgan fingerprint density at radius 2 is 2.38 bits per heavy atom. The van der Waals surface area contributed by atoms with Crippen LogP contribution in [-0.4, -0.2) is 57.2 Å². The van der Waals surface area contributed by atoms with Gasteiger partial charge in [0.15, 0.2) is 6.23 Å². The van der Waals surface area contributed by atoms with Crippen LogP contribution in [0, 0.1) is 0 Å². The number of rotatable bonds is 4. The number of anilines is 1. The number of aliphatic imine (C=N–C) groups is 1. The van der Waals surface area contributed by atoms with Gasteiger partial charge in [-0.2, -0.15) is 4.98 Å². The second-order valence-corrected chi connectivity index (χ2v) is 4.60. The molecule has 0 saturated carbocycles. The molecule has 0 spiro atoms. The molecule has 0 bridgehead atoms. The number of aliphatic hydroxyl groups is 2. The Morgan fingerprint density at radius 3 is 2.90 bits per heavy atom. The molecule has 1 aromatic rings. The van der Waals surface area contributed by atoms with E-state index in [9.17, 15) is 14.7 Å². The highest BCUT2D eigenvalue weighted by Gasteiger charge is 2.44. The standard InChI is InChI=1S/C12H16N4O5/c1-6(18)14-8-3-4-16(12(20)15-8)11-9(13-2)10(19)7(5-17)21-11/h3-4,7,9-11,17,19H,2,5H2,1H3,(H,14,15,18,20)/t7-,9+,10-,11-/m1/s1. The number of aliphatic hydroxyl groups excluding tert-OH is 2. The predicted octanol–water partition coefficient (Wildman–Crippen LogP) is -1.48. The average molecular weight is 296 g/mol. The Balaban J connectivity index is 2.31. The summed E-state index contributed by atoms with van der Waals surface area (Å²) in [6.45, 7) is 4.25. The van der Waals surface area contributed by atoms with Crippen molar-refractivity contribution in [3.8, 4) is 0 Å². The van der Waals surface area contributed by atoms with Crippen molar-refractivity contribution in [3.05, 3.63) is 22.7 Å². The fourth-order valence-corrected chi connectivity index (χ4v) is 2.16. The van der Waals surface area contributed by atoms with E-state index in [2.05, 4.69) is 22.0 Å². The Kier molecular flexibility index (Phi) is 4.46. The first-order chi connectivity index (χ1) is 9.97. The van der Waals surface area contributed by atoms with Gasteiger partial charge in [0.25, 0.3) is 0 Å². The number of amides is 1. The lowest BCUT2D eigenvalue weighted by molar-refractivity contribution is -0.114. The maximum Gasteiger partial charge on any atom is 0.351 e. The zero-order valence-electron chi connectivity index (χ0n) is 11.3. The number of ether oxygens (including phenoxy) is 1. The monoisotopic (exact) mass is 296 g/mol. The number of aromatic nitrogens is 2. The van der Waals surface area contributed by atoms with Gasteiger partial charge in [0.1, 0.15) is 24.1 Å². The number of hydrogen-bond donors (Lipinski definition) is 3. The van der Waals surface area contributed by atoms with Crippen molar-refractivity contribution >= 4 is 18.4 Å². The molecule has 2 rings (SSSR count). The third kappa shape index (κ3) is 2.99. The van der Waals surface area contributed by atoms with Gasteiger partial charge in [-0.1, -0.05) is 0 Å². The van der Waals surface area contributed by atoms with Crippen LogP contribution in [0.2, 0.25) is 0 Å². The van der Waals surface area contributed by atoms with E-state index in [1.807, 2.05) is 0 Å². The van der Waals surface area contributed by atoms with Crippen molar-refractivity contribution < 1.29 is 19.7 Å². The van der Waals surface area contributed by atoms with Gasteiger partial charge in [0, 0.05) is 13.1 Å². The molecular weight excluding hydrogens is 280 g/mol. The largest absolute Gasteiger partial charge is 0.394 e. The summed E-state index contributed by atoms with van der Waals surface area (Å²) in [6.07, 6.45) is -1.47. The van der Waals surface area contributed by atoms with E-state index in [1.165, 1.54) is 19.2 Å². The summed E-state index contributed by atoms with van der Waals surface area (Å²) < 4.78 is 6.54. The van der Waals surface area contributed by atoms with E-state index in [0.717, 1.165) is 4.57 Å². The molecule has 114 valence electrons. The van der Waals surface area contributed by atoms with Gasteiger partial charge in [-0.3, -0.25) is 14.4 Å². The van der Waals surface area contributed by atoms with E-state index in [-0.39, 0.29) is 11.7 Å². The maximum atomic E-state index is 12.0. The Hall–Kier alpha value is -2.10. The molecule has 1 aromatic heterocycles. The van der Waals surface area contributed by atoms with Gasteiger partial charge in [0.05, 0.1) is 6.61 Å². The topological polar surface area (TPSA) is 126 Å². The van der Waals surface area contributed by atoms with Crippen LogP contribution in [0.1, 0.15) is 13.2 Å². The lowest BCUT2D eigenvalue weighted by Gasteiger charge is -2.18. The zero-order chi connectivity index (χ0) is 15.6. The van der Waals surface area contributed by atoms with Gasteiger partial charge < -0.3 is 20.3 Å². The molecule has 1 fully saturated rings. The first-order valence-corrected chi connectivity index (χ1v) is 6.25. The van der Waals surface area contributed by atoms with Crippen molar-refractivity contribution in [2.24, 2.45) is 4.99 Å². The van der Waals surface area contributed by atoms with Crippen molar-refractivity contribution in [2.45, 2.75) is 31.4 Å². The van der Waals surface area contributed by atoms with Crippen molar-refractivity contribution in [2.75, 3.05) is 11.9 Å². The molecule has 9 nitrogen and oxygen atoms in total. The third-order valence-electron chi connectivity index (χ3n) is 3.14. The molecule has 4 atom stereocenters. The molecule has 0 aromatic carbocycles. The lowest BCUT2D eigenvalue weighted by atomic mass is 10.1. The number of carbonyl (C=O) groups is 1. The molecule has 3 N–H and O–H groups in total. The Labute approximate surface area is 119 Å². The molecule has 1 aliphatic heterocycles. The van der Waals surface area contributed by atoms with Crippen LogP contribution in [0.4, 0.5) is 5.82 Å². The maximum absolute atomic E-state index is 12.0. The second kappa shape index (κ2) is 6.12. The summed E-state index contributed by atoms with van der Waals surface area (Å²) in [5.74, 6) is -0.234. The molecule has 9 heteroatoms. The first kappa shape index (κ1) is 15.3. The van der Waals surface area contributed by atoms with Gasteiger partial charge in [0.2, 0.25) is 5.91 Å². The molecule has 0 aliphatic carbocycles. The van der Waals surface area contributed by atoms with Crippen LogP contribution in [0.15, 0.2) is 22.1 Å². The van der Waals surface area contributed by atoms with Crippen molar-refractivity contribution in [1.29, 1.82) is 0 Å². The second-order valence-electron chi connectivity index (χ2n) is 4.60. The Morgan fingerprint density at radius 1 is 1.67 bits per heavy atom. The minimum atomic E-state index is -1.07. The summed E-state index contributed by atoms with van der Waals surface area (Å²) >= 11 is 0. The van der Waals surface area contributed by atoms with Gasteiger partial charge in [-0.05, 0) is 12.8 Å². The SMILES string of the molecule is C=N[C@H]1[C@H](O)[C@@H](CO)O[C@H]1n1ccc(NC(C)=O)nc1=O. The fraction of sp³-hybridized carbons (Fsp3) is 0.500. The molecule has 0 radical (unpaired) electrons. The van der Waals surface area contributed by atoms with E-state index in [4.69, 9.17) is 9.84 Å². The zero-order valence-corrected chi connectivity index (χ0v) is 11.3. The third-order valence-corrected chi connectivity index (χ3v) is 3.14. The van der Waals surface area contributed by atoms with Crippen LogP contribution >= 0.6 is 0 Å². The summed E-state index contributed by atoms with van der Waals surface area (Å²) in [5.41, 5.74) is -0.675. The van der Waals surface area contributed by atoms with Crippen LogP contribution in [0.25, 0.3) is 0 Å². The molecule has 2 heterocycles. The van der Waals surface area contributed by atoms with E-state index in [0.29, 0.717) is 0 Å². The number of carbonyl (C=O) groups excluding carboxylic acids is 1. The summed E-state index contributed by atoms with van der Waals surface area (Å²) in [5, 5.41) is 21.5. The van der Waals surface area contributed by atoms with Gasteiger partial charge in [-0.15, -0.1) is 0 Å². The highest BCUT2D eigenvalue weighted by molar-refractivity contribution is 5.87. The van der Waals surface area contributed by atoms with E-state index >= 15 is 0 Å². The summed E-state index contributed by atoms with van der Waals surface area (Å²) in [6, 6.07) is 0.624. The Bertz CT molecular complexity index is 602. The minimum Gasteiger partial charge on any atom is -0.394 e. The molecule has 1 amide bonds. The highest BCUT2D eigenvalue weighted by Crippen LogP contribution is 2.30. The number of hydrogen-bond acceptors (Lipinski definition) is 7. The molecule has 1 aliphatic rings. The minimum absolute atomic E-state index is 0.115. The smallest absolute Gasteiger partial charge is 0.351 e. The number of nitrogens with zero attached hydrogens (tertiary/aromatic N) is 3. The average Bonchev–Trinajstić information content (AvgIpc) is 2.74. The first-order valence-electron chi connectivity index (χ1n) is 6.25. The predicted molar refractivity (Wildman–Crippen MR) is 73.1 cm³/mol. The van der Waals surface area contributed by atoms with Gasteiger partial charge in [-0.25, -0.2) is 4.79 Å². The van der Waals surface area contributed by atoms with Crippen LogP contribution < -0.4 is 11.0 Å². The van der Waals surface area contributed by atoms with Crippen molar-refractivity contribution in [3.63, 3.8) is 0 Å². The lowest BCUT2D eigenvalue weighted by Crippen LogP contribution is -2.35. The fourth-order valence-electron chi connectivity index (χ4n) is 2.16. The highest BCUT2D eigenvalue weighted by atomic mass is 16.5. The van der Waals surface area contributed by atoms with Crippen molar-refractivity contribution in [1.82, 2.24) is 9.55 Å². The normalized spacial score (nSPS) is 28.3. The van der Waals surface area contributed by atoms with Gasteiger partial charge >= 0.3 is 5.69 Å². The molecule has 21 heavy (non-hydrogen) atoms. The van der Waals surface area contributed by atoms with Crippen LogP contribution in [0.3, 0.4) is 0 Å². The molecule has 0 unspecified atom stereocenters. The molecule has 1 saturated heterocycles. The van der Waals surface area contributed by atoms with E-state index < -0.39 is 36.8 Å².